The maximum atomic E-state index is 12.5. The van der Waals surface area contributed by atoms with E-state index in [0.29, 0.717) is 18.8 Å². The number of aliphatic hydroxyl groups is 2. The zero-order valence-electron chi connectivity index (χ0n) is 26.0. The highest BCUT2D eigenvalue weighted by Gasteiger charge is 2.39. The number of ether oxygens (including phenoxy) is 2. The number of aliphatic hydroxyl groups excluding tert-OH is 2. The second-order valence-corrected chi connectivity index (χ2v) is 11.8. The van der Waals surface area contributed by atoms with Crippen molar-refractivity contribution < 1.29 is 24.5 Å². The molecule has 8 heteroatoms. The van der Waals surface area contributed by atoms with Crippen molar-refractivity contribution in [1.82, 2.24) is 10.2 Å². The van der Waals surface area contributed by atoms with Crippen LogP contribution >= 0.6 is 0 Å². The van der Waals surface area contributed by atoms with Gasteiger partial charge in [0, 0.05) is 36.3 Å². The fourth-order valence-corrected chi connectivity index (χ4v) is 5.63. The first-order valence-electron chi connectivity index (χ1n) is 15.4. The standard InChI is InChI=1S/C37H43N3O5/c1-25-33(23-40(3)26(2)34(42)29-12-8-5-9-13-29)44-36(45-35(25)30-16-14-28(24-41)15-17-30)31-18-20-32(21-19-31)39-37(43)38-22-27-10-6-4-7-11-27/h4-21,25-26,33-36,41-42H,22-24H2,1-3H3,(H2,38,39,43). The number of nitrogens with one attached hydrogen (secondary N) is 2. The number of benzene rings is 4. The van der Waals surface area contributed by atoms with E-state index in [9.17, 15) is 15.0 Å². The molecule has 45 heavy (non-hydrogen) atoms. The SMILES string of the molecule is CC1C(CN(C)C(C)C(O)c2ccccc2)OC(c2ccc(NC(=O)NCc3ccccc3)cc2)OC1c1ccc(CO)cc1. The highest BCUT2D eigenvalue weighted by Crippen LogP contribution is 2.42. The molecule has 1 heterocycles. The third-order valence-corrected chi connectivity index (χ3v) is 8.62. The Morgan fingerprint density at radius 1 is 0.844 bits per heavy atom. The molecule has 0 spiro atoms. The lowest BCUT2D eigenvalue weighted by atomic mass is 9.89. The minimum atomic E-state index is -0.645. The van der Waals surface area contributed by atoms with E-state index in [1.807, 2.05) is 123 Å². The summed E-state index contributed by atoms with van der Waals surface area (Å²) in [6.07, 6.45) is -1.75. The van der Waals surface area contributed by atoms with E-state index in [2.05, 4.69) is 22.5 Å². The van der Waals surface area contributed by atoms with Crippen molar-refractivity contribution in [3.05, 3.63) is 137 Å². The van der Waals surface area contributed by atoms with Crippen LogP contribution in [-0.2, 0) is 22.6 Å². The Morgan fingerprint density at radius 2 is 1.47 bits per heavy atom. The summed E-state index contributed by atoms with van der Waals surface area (Å²) >= 11 is 0. The van der Waals surface area contributed by atoms with E-state index in [-0.39, 0.29) is 36.8 Å². The summed E-state index contributed by atoms with van der Waals surface area (Å²) in [6, 6.07) is 34.3. The lowest BCUT2D eigenvalue weighted by Gasteiger charge is -2.43. The molecule has 6 atom stereocenters. The van der Waals surface area contributed by atoms with Gasteiger partial charge in [-0.1, -0.05) is 104 Å². The van der Waals surface area contributed by atoms with E-state index >= 15 is 0 Å². The Bertz CT molecular complexity index is 1480. The third-order valence-electron chi connectivity index (χ3n) is 8.62. The van der Waals surface area contributed by atoms with Gasteiger partial charge >= 0.3 is 6.03 Å². The summed E-state index contributed by atoms with van der Waals surface area (Å²) in [4.78, 5) is 14.6. The van der Waals surface area contributed by atoms with Crippen LogP contribution in [0.4, 0.5) is 10.5 Å². The number of carbonyl (C=O) groups excluding carboxylic acids is 1. The van der Waals surface area contributed by atoms with Crippen LogP contribution in [0.3, 0.4) is 0 Å². The molecule has 6 unspecified atom stereocenters. The van der Waals surface area contributed by atoms with Gasteiger partial charge in [-0.25, -0.2) is 4.79 Å². The molecule has 1 aliphatic heterocycles. The van der Waals surface area contributed by atoms with Gasteiger partial charge in [-0.3, -0.25) is 4.90 Å². The van der Waals surface area contributed by atoms with Gasteiger partial charge in [-0.15, -0.1) is 0 Å². The first-order chi connectivity index (χ1) is 21.8. The Labute approximate surface area is 265 Å². The second kappa shape index (κ2) is 15.3. The normalized spacial score (nSPS) is 21.2. The number of carbonyl (C=O) groups is 1. The van der Waals surface area contributed by atoms with Crippen LogP contribution in [0.15, 0.2) is 109 Å². The maximum absolute atomic E-state index is 12.5. The van der Waals surface area contributed by atoms with Gasteiger partial charge in [-0.2, -0.15) is 0 Å². The van der Waals surface area contributed by atoms with Crippen LogP contribution in [0.5, 0.6) is 0 Å². The lowest BCUT2D eigenvalue weighted by molar-refractivity contribution is -0.276. The molecular formula is C37H43N3O5. The Kier molecular flexibility index (Phi) is 11.0. The molecule has 1 saturated heterocycles. The van der Waals surface area contributed by atoms with Crippen LogP contribution in [-0.4, -0.2) is 46.9 Å². The number of hydrogen-bond acceptors (Lipinski definition) is 6. The molecule has 0 aromatic heterocycles. The lowest BCUT2D eigenvalue weighted by Crippen LogP contribution is -2.46. The Balaban J connectivity index is 1.29. The van der Waals surface area contributed by atoms with Gasteiger partial charge in [0.1, 0.15) is 0 Å². The summed E-state index contributed by atoms with van der Waals surface area (Å²) in [7, 11) is 2.01. The summed E-state index contributed by atoms with van der Waals surface area (Å²) in [6.45, 7) is 5.14. The van der Waals surface area contributed by atoms with Crippen molar-refractivity contribution >= 4 is 11.7 Å². The minimum Gasteiger partial charge on any atom is -0.392 e. The molecule has 236 valence electrons. The zero-order valence-corrected chi connectivity index (χ0v) is 26.0. The molecule has 0 radical (unpaired) electrons. The number of anilines is 1. The highest BCUT2D eigenvalue weighted by molar-refractivity contribution is 5.89. The summed E-state index contributed by atoms with van der Waals surface area (Å²) in [5.74, 6) is -0.000931. The summed E-state index contributed by atoms with van der Waals surface area (Å²) < 4.78 is 13.2. The smallest absolute Gasteiger partial charge is 0.319 e. The van der Waals surface area contributed by atoms with E-state index in [4.69, 9.17) is 9.47 Å². The Hall–Kier alpha value is -4.05. The van der Waals surface area contributed by atoms with Crippen LogP contribution < -0.4 is 10.6 Å². The van der Waals surface area contributed by atoms with Gasteiger partial charge in [-0.05, 0) is 48.4 Å². The molecule has 4 N–H and O–H groups in total. The highest BCUT2D eigenvalue weighted by atomic mass is 16.7. The Morgan fingerprint density at radius 3 is 2.11 bits per heavy atom. The minimum absolute atomic E-state index is 0.000931. The van der Waals surface area contributed by atoms with E-state index in [1.54, 1.807) is 0 Å². The predicted octanol–water partition coefficient (Wildman–Crippen LogP) is 6.35. The number of amides is 2. The van der Waals surface area contributed by atoms with Crippen LogP contribution in [0.2, 0.25) is 0 Å². The number of urea groups is 1. The number of likely N-dealkylation sites (N-methyl/N-ethyl adjacent to an activating group) is 1. The first-order valence-corrected chi connectivity index (χ1v) is 15.4. The molecule has 8 nitrogen and oxygen atoms in total. The molecular weight excluding hydrogens is 566 g/mol. The predicted molar refractivity (Wildman–Crippen MR) is 175 cm³/mol. The topological polar surface area (TPSA) is 103 Å². The van der Waals surface area contributed by atoms with Gasteiger partial charge in [0.2, 0.25) is 0 Å². The van der Waals surface area contributed by atoms with E-state index < -0.39 is 12.4 Å². The average molecular weight is 610 g/mol. The first kappa shape index (κ1) is 32.3. The summed E-state index contributed by atoms with van der Waals surface area (Å²) in [5, 5.41) is 26.4. The maximum Gasteiger partial charge on any atom is 0.319 e. The summed E-state index contributed by atoms with van der Waals surface area (Å²) in [5.41, 5.74) is 5.23. The molecule has 4 aromatic rings. The van der Waals surface area contributed by atoms with Crippen LogP contribution in [0.25, 0.3) is 0 Å². The number of hydrogen-bond donors (Lipinski definition) is 4. The van der Waals surface area contributed by atoms with Gasteiger partial charge in [0.05, 0.1) is 24.9 Å². The molecule has 0 saturated carbocycles. The number of rotatable bonds is 11. The molecule has 0 aliphatic carbocycles. The van der Waals surface area contributed by atoms with Gasteiger partial charge in [0.25, 0.3) is 0 Å². The van der Waals surface area contributed by atoms with Crippen LogP contribution in [0.1, 0.15) is 60.2 Å². The van der Waals surface area contributed by atoms with Crippen molar-refractivity contribution in [3.63, 3.8) is 0 Å². The second-order valence-electron chi connectivity index (χ2n) is 11.8. The number of nitrogens with zero attached hydrogens (tertiary/aromatic N) is 1. The van der Waals surface area contributed by atoms with Crippen LogP contribution in [0, 0.1) is 5.92 Å². The van der Waals surface area contributed by atoms with Crippen molar-refractivity contribution in [3.8, 4) is 0 Å². The molecule has 4 aromatic carbocycles. The zero-order chi connectivity index (χ0) is 31.8. The van der Waals surface area contributed by atoms with Gasteiger partial charge < -0.3 is 30.3 Å². The average Bonchev–Trinajstić information content (AvgIpc) is 3.09. The van der Waals surface area contributed by atoms with Gasteiger partial charge in [0.15, 0.2) is 6.29 Å². The quantitative estimate of drug-likeness (QED) is 0.158. The van der Waals surface area contributed by atoms with E-state index in [0.717, 1.165) is 27.8 Å². The molecule has 2 amide bonds. The molecule has 5 rings (SSSR count). The molecule has 0 bridgehead atoms. The third kappa shape index (κ3) is 8.36. The fraction of sp³-hybridized carbons (Fsp3) is 0.324. The largest absolute Gasteiger partial charge is 0.392 e. The van der Waals surface area contributed by atoms with Crippen molar-refractivity contribution in [2.45, 2.75) is 57.6 Å². The monoisotopic (exact) mass is 609 g/mol. The molecule has 1 fully saturated rings. The van der Waals surface area contributed by atoms with Crippen molar-refractivity contribution in [2.75, 3.05) is 18.9 Å². The van der Waals surface area contributed by atoms with E-state index in [1.165, 1.54) is 0 Å². The molecule has 1 aliphatic rings. The fourth-order valence-electron chi connectivity index (χ4n) is 5.63. The van der Waals surface area contributed by atoms with Crippen molar-refractivity contribution in [2.24, 2.45) is 5.92 Å². The van der Waals surface area contributed by atoms with Crippen molar-refractivity contribution in [1.29, 1.82) is 0 Å².